The Kier molecular flexibility index (Phi) is 4.15. The summed E-state index contributed by atoms with van der Waals surface area (Å²) in [4.78, 5) is 11.2. The first-order valence-corrected chi connectivity index (χ1v) is 4.01. The van der Waals surface area contributed by atoms with Crippen molar-refractivity contribution in [1.82, 2.24) is 0 Å². The fourth-order valence-corrected chi connectivity index (χ4v) is 1.21. The van der Waals surface area contributed by atoms with Crippen molar-refractivity contribution in [2.24, 2.45) is 0 Å². The molecule has 0 aromatic heterocycles. The van der Waals surface area contributed by atoms with Gasteiger partial charge in [-0.2, -0.15) is 0 Å². The van der Waals surface area contributed by atoms with E-state index in [1.807, 2.05) is 13.8 Å². The average Bonchev–Trinajstić information content (AvgIpc) is 2.12. The Balaban J connectivity index is 0.00000169. The van der Waals surface area contributed by atoms with Gasteiger partial charge in [0, 0.05) is 5.69 Å². The topological polar surface area (TPSA) is 52.3 Å². The summed E-state index contributed by atoms with van der Waals surface area (Å²) in [6, 6.07) is 3.46. The molecule has 3 heteroatoms. The van der Waals surface area contributed by atoms with Gasteiger partial charge in [-0.05, 0) is 37.1 Å². The largest absolute Gasteiger partial charge is 0.465 e. The molecule has 0 amide bonds. The lowest BCUT2D eigenvalue weighted by atomic mass is 10.1. The number of rotatable bonds is 1. The second kappa shape index (κ2) is 4.65. The molecule has 14 heavy (non-hydrogen) atoms. The minimum atomic E-state index is -0.328. The van der Waals surface area contributed by atoms with E-state index < -0.39 is 0 Å². The first-order valence-electron chi connectivity index (χ1n) is 4.01. The van der Waals surface area contributed by atoms with Crippen LogP contribution in [-0.2, 0) is 4.74 Å². The molecule has 1 rings (SSSR count). The van der Waals surface area contributed by atoms with Crippen molar-refractivity contribution in [1.29, 1.82) is 0 Å². The van der Waals surface area contributed by atoms with Crippen molar-refractivity contribution in [2.75, 3.05) is 12.8 Å². The lowest BCUT2D eigenvalue weighted by molar-refractivity contribution is 0.0600. The molecule has 0 aliphatic rings. The predicted octanol–water partition coefficient (Wildman–Crippen LogP) is 2.31. The van der Waals surface area contributed by atoms with Crippen LogP contribution in [0.4, 0.5) is 5.69 Å². The van der Waals surface area contributed by atoms with Crippen LogP contribution >= 0.6 is 0 Å². The van der Waals surface area contributed by atoms with Gasteiger partial charge >= 0.3 is 5.97 Å². The fraction of sp³-hybridized carbons (Fsp3) is 0.364. The molecule has 0 saturated carbocycles. The molecule has 78 valence electrons. The maximum Gasteiger partial charge on any atom is 0.337 e. The van der Waals surface area contributed by atoms with Crippen molar-refractivity contribution in [2.45, 2.75) is 21.3 Å². The van der Waals surface area contributed by atoms with Crippen LogP contribution in [0.5, 0.6) is 0 Å². The molecule has 0 fully saturated rings. The summed E-state index contributed by atoms with van der Waals surface area (Å²) in [5, 5.41) is 0. The van der Waals surface area contributed by atoms with Gasteiger partial charge in [-0.3, -0.25) is 0 Å². The number of methoxy groups -OCH3 is 1. The number of ether oxygens (including phenoxy) is 1. The van der Waals surface area contributed by atoms with Gasteiger partial charge in [-0.25, -0.2) is 4.79 Å². The highest BCUT2D eigenvalue weighted by Gasteiger charge is 2.08. The van der Waals surface area contributed by atoms with E-state index in [1.165, 1.54) is 7.11 Å². The highest BCUT2D eigenvalue weighted by Crippen LogP contribution is 2.18. The zero-order valence-corrected chi connectivity index (χ0v) is 8.05. The molecule has 0 aliphatic carbocycles. The number of hydrogen-bond donors (Lipinski definition) is 1. The quantitative estimate of drug-likeness (QED) is 0.552. The summed E-state index contributed by atoms with van der Waals surface area (Å²) in [6.07, 6.45) is 0. The molecule has 2 N–H and O–H groups in total. The number of aryl methyl sites for hydroxylation is 2. The average molecular weight is 195 g/mol. The van der Waals surface area contributed by atoms with Crippen LogP contribution in [0.1, 0.15) is 28.9 Å². The first kappa shape index (κ1) is 12.5. The van der Waals surface area contributed by atoms with Crippen molar-refractivity contribution in [3.05, 3.63) is 28.8 Å². The zero-order chi connectivity index (χ0) is 10.0. The van der Waals surface area contributed by atoms with Gasteiger partial charge in [0.2, 0.25) is 0 Å². The van der Waals surface area contributed by atoms with Crippen LogP contribution in [0.2, 0.25) is 0 Å². The van der Waals surface area contributed by atoms with Crippen LogP contribution in [-0.4, -0.2) is 13.1 Å². The van der Waals surface area contributed by atoms with Gasteiger partial charge in [0.25, 0.3) is 0 Å². The third-order valence-electron chi connectivity index (χ3n) is 2.01. The van der Waals surface area contributed by atoms with Gasteiger partial charge in [0.15, 0.2) is 0 Å². The Morgan fingerprint density at radius 1 is 1.29 bits per heavy atom. The molecule has 0 bridgehead atoms. The molecule has 3 nitrogen and oxygen atoms in total. The van der Waals surface area contributed by atoms with Crippen LogP contribution in [0.3, 0.4) is 0 Å². The molecular formula is C11H17NO2. The monoisotopic (exact) mass is 195 g/mol. The number of hydrogen-bond acceptors (Lipinski definition) is 3. The smallest absolute Gasteiger partial charge is 0.337 e. The van der Waals surface area contributed by atoms with E-state index in [-0.39, 0.29) is 13.4 Å². The van der Waals surface area contributed by atoms with Crippen molar-refractivity contribution >= 4 is 11.7 Å². The summed E-state index contributed by atoms with van der Waals surface area (Å²) < 4.78 is 4.61. The van der Waals surface area contributed by atoms with Crippen molar-refractivity contribution in [3.63, 3.8) is 0 Å². The highest BCUT2D eigenvalue weighted by atomic mass is 16.5. The highest BCUT2D eigenvalue weighted by molar-refractivity contribution is 5.90. The van der Waals surface area contributed by atoms with E-state index in [2.05, 4.69) is 4.74 Å². The minimum Gasteiger partial charge on any atom is -0.465 e. The molecule has 1 aromatic rings. The number of anilines is 1. The SMILES string of the molecule is C.COC(=O)c1cc(C)c(N)c(C)c1. The van der Waals surface area contributed by atoms with Crippen LogP contribution in [0.15, 0.2) is 12.1 Å². The van der Waals surface area contributed by atoms with E-state index in [0.29, 0.717) is 5.56 Å². The maximum absolute atomic E-state index is 11.2. The third kappa shape index (κ3) is 2.25. The number of esters is 1. The Morgan fingerprint density at radius 2 is 1.71 bits per heavy atom. The Morgan fingerprint density at radius 3 is 2.07 bits per heavy atom. The fourth-order valence-electron chi connectivity index (χ4n) is 1.21. The standard InChI is InChI=1S/C10H13NO2.CH4/c1-6-4-8(10(12)13-3)5-7(2)9(6)11;/h4-5H,11H2,1-3H3;1H4. The molecular weight excluding hydrogens is 178 g/mol. The van der Waals surface area contributed by atoms with Crippen LogP contribution < -0.4 is 5.73 Å². The lowest BCUT2D eigenvalue weighted by Crippen LogP contribution is -2.04. The van der Waals surface area contributed by atoms with Crippen molar-refractivity contribution < 1.29 is 9.53 Å². The van der Waals surface area contributed by atoms with Crippen LogP contribution in [0, 0.1) is 13.8 Å². The predicted molar refractivity (Wildman–Crippen MR) is 58.4 cm³/mol. The van der Waals surface area contributed by atoms with E-state index in [1.54, 1.807) is 12.1 Å². The second-order valence-electron chi connectivity index (χ2n) is 3.02. The minimum absolute atomic E-state index is 0. The Hall–Kier alpha value is -1.51. The molecule has 0 radical (unpaired) electrons. The molecule has 0 aliphatic heterocycles. The number of carbonyl (C=O) groups is 1. The summed E-state index contributed by atoms with van der Waals surface area (Å²) in [5.41, 5.74) is 8.82. The molecule has 0 spiro atoms. The summed E-state index contributed by atoms with van der Waals surface area (Å²) >= 11 is 0. The number of benzene rings is 1. The Bertz CT molecular complexity index is 322. The Labute approximate surface area is 84.9 Å². The maximum atomic E-state index is 11.2. The van der Waals surface area contributed by atoms with E-state index in [4.69, 9.17) is 5.73 Å². The third-order valence-corrected chi connectivity index (χ3v) is 2.01. The van der Waals surface area contributed by atoms with Crippen molar-refractivity contribution in [3.8, 4) is 0 Å². The number of nitrogen functional groups attached to an aromatic ring is 1. The molecule has 0 saturated heterocycles. The van der Waals surface area contributed by atoms with E-state index in [0.717, 1.165) is 16.8 Å². The molecule has 1 aromatic carbocycles. The van der Waals surface area contributed by atoms with Gasteiger partial charge in [0.1, 0.15) is 0 Å². The summed E-state index contributed by atoms with van der Waals surface area (Å²) in [7, 11) is 1.36. The lowest BCUT2D eigenvalue weighted by Gasteiger charge is -2.06. The van der Waals surface area contributed by atoms with E-state index in [9.17, 15) is 4.79 Å². The van der Waals surface area contributed by atoms with Gasteiger partial charge in [0.05, 0.1) is 12.7 Å². The molecule has 0 unspecified atom stereocenters. The molecule has 0 atom stereocenters. The summed E-state index contributed by atoms with van der Waals surface area (Å²) in [6.45, 7) is 3.74. The summed E-state index contributed by atoms with van der Waals surface area (Å²) in [5.74, 6) is -0.328. The van der Waals surface area contributed by atoms with Gasteiger partial charge in [-0.15, -0.1) is 0 Å². The molecule has 0 heterocycles. The van der Waals surface area contributed by atoms with Gasteiger partial charge in [-0.1, -0.05) is 7.43 Å². The van der Waals surface area contributed by atoms with Crippen LogP contribution in [0.25, 0.3) is 0 Å². The zero-order valence-electron chi connectivity index (χ0n) is 8.05. The second-order valence-corrected chi connectivity index (χ2v) is 3.02. The van der Waals surface area contributed by atoms with E-state index >= 15 is 0 Å². The van der Waals surface area contributed by atoms with Gasteiger partial charge < -0.3 is 10.5 Å². The number of carbonyl (C=O) groups excluding carboxylic acids is 1. The number of nitrogens with two attached hydrogens (primary N) is 1. The first-order chi connectivity index (χ1) is 6.06. The normalized spacial score (nSPS) is 9.07.